The smallest absolute Gasteiger partial charge is 0.119 e. The Morgan fingerprint density at radius 3 is 2.67 bits per heavy atom. The predicted octanol–water partition coefficient (Wildman–Crippen LogP) is 3.77. The molecule has 0 aliphatic heterocycles. The molecule has 0 spiro atoms. The Morgan fingerprint density at radius 1 is 1.19 bits per heavy atom. The van der Waals surface area contributed by atoms with Crippen LogP contribution in [0.15, 0.2) is 52.8 Å². The van der Waals surface area contributed by atoms with Gasteiger partial charge in [0.25, 0.3) is 0 Å². The van der Waals surface area contributed by atoms with E-state index in [1.807, 2.05) is 35.1 Å². The third-order valence-electron chi connectivity index (χ3n) is 4.30. The molecule has 1 heterocycles. The van der Waals surface area contributed by atoms with Gasteiger partial charge in [-0.2, -0.15) is 0 Å². The molecule has 0 radical (unpaired) electrons. The van der Waals surface area contributed by atoms with Crippen LogP contribution in [0, 0.1) is 5.92 Å². The van der Waals surface area contributed by atoms with Crippen LogP contribution in [0.5, 0.6) is 5.75 Å². The highest BCUT2D eigenvalue weighted by Crippen LogP contribution is 2.46. The Balaban J connectivity index is 1.50. The van der Waals surface area contributed by atoms with E-state index >= 15 is 0 Å². The molecule has 1 fully saturated rings. The first-order valence-electron chi connectivity index (χ1n) is 7.26. The van der Waals surface area contributed by atoms with Gasteiger partial charge in [-0.1, -0.05) is 32.8 Å². The molecule has 3 atom stereocenters. The van der Waals surface area contributed by atoms with Gasteiger partial charge in [0.2, 0.25) is 0 Å². The van der Waals surface area contributed by atoms with Crippen molar-refractivity contribution in [2.45, 2.75) is 31.4 Å². The van der Waals surface area contributed by atoms with Crippen LogP contribution >= 0.6 is 15.9 Å². The van der Waals surface area contributed by atoms with Crippen molar-refractivity contribution >= 4 is 15.9 Å². The zero-order valence-electron chi connectivity index (χ0n) is 11.5. The largest absolute Gasteiger partial charge is 0.490 e. The van der Waals surface area contributed by atoms with Crippen molar-refractivity contribution in [1.29, 1.82) is 0 Å². The molecular formula is C16H16BrN3O. The zero-order chi connectivity index (χ0) is 14.2. The second-order valence-corrected chi connectivity index (χ2v) is 6.62. The summed E-state index contributed by atoms with van der Waals surface area (Å²) < 4.78 is 9.22. The second-order valence-electron chi connectivity index (χ2n) is 5.71. The minimum absolute atomic E-state index is 0.242. The molecule has 5 heteroatoms. The van der Waals surface area contributed by atoms with E-state index in [4.69, 9.17) is 4.74 Å². The second kappa shape index (κ2) is 5.30. The first kappa shape index (κ1) is 13.1. The summed E-state index contributed by atoms with van der Waals surface area (Å²) in [5.74, 6) is 1.48. The van der Waals surface area contributed by atoms with Gasteiger partial charge in [0, 0.05) is 23.0 Å². The lowest BCUT2D eigenvalue weighted by Gasteiger charge is -2.16. The van der Waals surface area contributed by atoms with E-state index in [2.05, 4.69) is 32.3 Å². The SMILES string of the molecule is Brc1ccc(OC2CC(C3=CC3)C(n3ccnn3)C2)cc1. The van der Waals surface area contributed by atoms with Gasteiger partial charge in [-0.05, 0) is 37.1 Å². The highest BCUT2D eigenvalue weighted by atomic mass is 79.9. The van der Waals surface area contributed by atoms with E-state index in [9.17, 15) is 0 Å². The van der Waals surface area contributed by atoms with Crippen LogP contribution in [0.3, 0.4) is 0 Å². The number of nitrogens with zero attached hydrogens (tertiary/aromatic N) is 3. The summed E-state index contributed by atoms with van der Waals surface area (Å²) >= 11 is 3.45. The summed E-state index contributed by atoms with van der Waals surface area (Å²) in [5.41, 5.74) is 1.55. The molecule has 1 aromatic heterocycles. The van der Waals surface area contributed by atoms with Gasteiger partial charge in [0.05, 0.1) is 12.2 Å². The van der Waals surface area contributed by atoms with Crippen molar-refractivity contribution in [2.75, 3.05) is 0 Å². The molecule has 21 heavy (non-hydrogen) atoms. The van der Waals surface area contributed by atoms with Crippen LogP contribution < -0.4 is 4.74 Å². The van der Waals surface area contributed by atoms with Crippen molar-refractivity contribution < 1.29 is 4.74 Å². The molecule has 2 aromatic rings. The van der Waals surface area contributed by atoms with Crippen LogP contribution in [0.4, 0.5) is 0 Å². The average molecular weight is 346 g/mol. The van der Waals surface area contributed by atoms with E-state index in [-0.39, 0.29) is 6.10 Å². The Kier molecular flexibility index (Phi) is 3.30. The average Bonchev–Trinajstić information content (AvgIpc) is 3.02. The quantitative estimate of drug-likeness (QED) is 0.792. The molecule has 4 rings (SSSR count). The first-order chi connectivity index (χ1) is 10.3. The standard InChI is InChI=1S/C16H16BrN3O/c17-12-3-5-13(6-4-12)21-14-9-15(11-1-2-11)16(10-14)20-8-7-18-19-20/h1,3-8,14-16H,2,9-10H2. The molecule has 1 saturated carbocycles. The number of aromatic nitrogens is 3. The van der Waals surface area contributed by atoms with Crippen LogP contribution in [0.25, 0.3) is 0 Å². The van der Waals surface area contributed by atoms with Crippen molar-refractivity contribution in [1.82, 2.24) is 15.0 Å². The van der Waals surface area contributed by atoms with Crippen LogP contribution in [0.2, 0.25) is 0 Å². The molecule has 4 nitrogen and oxygen atoms in total. The molecule has 2 aliphatic carbocycles. The Morgan fingerprint density at radius 2 is 2.00 bits per heavy atom. The number of ether oxygens (including phenoxy) is 1. The normalized spacial score (nSPS) is 27.5. The fraction of sp³-hybridized carbons (Fsp3) is 0.375. The highest BCUT2D eigenvalue weighted by molar-refractivity contribution is 9.10. The molecule has 1 aromatic carbocycles. The maximum Gasteiger partial charge on any atom is 0.119 e. The summed E-state index contributed by atoms with van der Waals surface area (Å²) in [4.78, 5) is 0. The van der Waals surface area contributed by atoms with Crippen molar-refractivity contribution in [2.24, 2.45) is 5.92 Å². The van der Waals surface area contributed by atoms with Gasteiger partial charge < -0.3 is 4.74 Å². The van der Waals surface area contributed by atoms with E-state index in [1.165, 1.54) is 0 Å². The highest BCUT2D eigenvalue weighted by Gasteiger charge is 2.41. The van der Waals surface area contributed by atoms with Gasteiger partial charge in [-0.25, -0.2) is 4.68 Å². The molecule has 0 amide bonds. The Hall–Kier alpha value is -1.62. The summed E-state index contributed by atoms with van der Waals surface area (Å²) in [7, 11) is 0. The first-order valence-corrected chi connectivity index (χ1v) is 8.06. The number of hydrogen-bond donors (Lipinski definition) is 0. The monoisotopic (exact) mass is 345 g/mol. The Bertz CT molecular complexity index is 651. The third kappa shape index (κ3) is 2.75. The lowest BCUT2D eigenvalue weighted by atomic mass is 10.0. The van der Waals surface area contributed by atoms with Gasteiger partial charge in [0.1, 0.15) is 11.9 Å². The topological polar surface area (TPSA) is 39.9 Å². The maximum absolute atomic E-state index is 6.16. The number of hydrogen-bond acceptors (Lipinski definition) is 3. The van der Waals surface area contributed by atoms with Gasteiger partial charge in [0.15, 0.2) is 0 Å². The fourth-order valence-electron chi connectivity index (χ4n) is 3.22. The van der Waals surface area contributed by atoms with Crippen LogP contribution in [-0.2, 0) is 0 Å². The molecular weight excluding hydrogens is 330 g/mol. The van der Waals surface area contributed by atoms with Crippen LogP contribution in [-0.4, -0.2) is 21.1 Å². The minimum Gasteiger partial charge on any atom is -0.490 e. The summed E-state index contributed by atoms with van der Waals surface area (Å²) in [6, 6.07) is 8.43. The van der Waals surface area contributed by atoms with E-state index in [1.54, 1.807) is 11.8 Å². The molecule has 108 valence electrons. The summed E-state index contributed by atoms with van der Waals surface area (Å²) in [6.07, 6.45) is 9.47. The lowest BCUT2D eigenvalue weighted by molar-refractivity contribution is 0.202. The molecule has 2 aliphatic rings. The molecule has 0 N–H and O–H groups in total. The van der Waals surface area contributed by atoms with Gasteiger partial charge in [-0.15, -0.1) is 5.10 Å². The van der Waals surface area contributed by atoms with E-state index in [0.717, 1.165) is 29.5 Å². The van der Waals surface area contributed by atoms with Gasteiger partial charge in [-0.3, -0.25) is 0 Å². The number of halogens is 1. The van der Waals surface area contributed by atoms with E-state index in [0.29, 0.717) is 12.0 Å². The predicted molar refractivity (Wildman–Crippen MR) is 83.0 cm³/mol. The van der Waals surface area contributed by atoms with Crippen molar-refractivity contribution in [3.05, 3.63) is 52.8 Å². The minimum atomic E-state index is 0.242. The third-order valence-corrected chi connectivity index (χ3v) is 4.83. The summed E-state index contributed by atoms with van der Waals surface area (Å²) in [5, 5.41) is 8.14. The number of benzene rings is 1. The molecule has 0 bridgehead atoms. The number of rotatable bonds is 4. The van der Waals surface area contributed by atoms with E-state index < -0.39 is 0 Å². The fourth-order valence-corrected chi connectivity index (χ4v) is 3.48. The van der Waals surface area contributed by atoms with Crippen molar-refractivity contribution in [3.63, 3.8) is 0 Å². The molecule has 0 saturated heterocycles. The molecule has 3 unspecified atom stereocenters. The van der Waals surface area contributed by atoms with Gasteiger partial charge >= 0.3 is 0 Å². The van der Waals surface area contributed by atoms with Crippen molar-refractivity contribution in [3.8, 4) is 5.75 Å². The Labute approximate surface area is 131 Å². The lowest BCUT2D eigenvalue weighted by Crippen LogP contribution is -2.15. The number of allylic oxidation sites excluding steroid dienone is 2. The zero-order valence-corrected chi connectivity index (χ0v) is 13.1. The summed E-state index contributed by atoms with van der Waals surface area (Å²) in [6.45, 7) is 0. The van der Waals surface area contributed by atoms with Crippen LogP contribution in [0.1, 0.15) is 25.3 Å². The maximum atomic E-state index is 6.16.